The van der Waals surface area contributed by atoms with E-state index in [1.807, 2.05) is 6.92 Å². The summed E-state index contributed by atoms with van der Waals surface area (Å²) < 4.78 is 41.1. The molecule has 0 fully saturated rings. The van der Waals surface area contributed by atoms with Gasteiger partial charge in [-0.25, -0.2) is 17.5 Å². The lowest BCUT2D eigenvalue weighted by Crippen LogP contribution is -2.34. The number of halogens is 1. The van der Waals surface area contributed by atoms with Gasteiger partial charge in [-0.1, -0.05) is 33.1 Å². The predicted molar refractivity (Wildman–Crippen MR) is 84.1 cm³/mol. The quantitative estimate of drug-likeness (QED) is 0.722. The largest absolute Gasteiger partial charge is 0.398 e. The summed E-state index contributed by atoms with van der Waals surface area (Å²) in [4.78, 5) is -0.110. The average molecular weight is 316 g/mol. The fourth-order valence-corrected chi connectivity index (χ4v) is 3.53. The molecule has 6 heteroatoms. The summed E-state index contributed by atoms with van der Waals surface area (Å²) in [7, 11) is -3.74. The number of nitrogens with two attached hydrogens (primary N) is 1. The molecule has 0 bridgehead atoms. The first-order valence-electron chi connectivity index (χ1n) is 7.39. The van der Waals surface area contributed by atoms with Gasteiger partial charge in [0, 0.05) is 17.3 Å². The standard InChI is InChI=1S/C15H25FN2O2S/c1-4-6-8-12(7-5-2)18-21(19,20)13-9-14(16)11(3)15(17)10-13/h9-10,12,18H,4-8,17H2,1-3H3. The Morgan fingerprint density at radius 3 is 2.43 bits per heavy atom. The Balaban J connectivity index is 2.98. The van der Waals surface area contributed by atoms with Crippen LogP contribution in [-0.4, -0.2) is 14.5 Å². The van der Waals surface area contributed by atoms with E-state index in [1.54, 1.807) is 0 Å². The van der Waals surface area contributed by atoms with Gasteiger partial charge in [-0.3, -0.25) is 0 Å². The highest BCUT2D eigenvalue weighted by Crippen LogP contribution is 2.22. The zero-order chi connectivity index (χ0) is 16.0. The lowest BCUT2D eigenvalue weighted by Gasteiger charge is -2.18. The zero-order valence-electron chi connectivity index (χ0n) is 12.9. The van der Waals surface area contributed by atoms with E-state index in [0.29, 0.717) is 0 Å². The Morgan fingerprint density at radius 1 is 1.24 bits per heavy atom. The van der Waals surface area contributed by atoms with Crippen molar-refractivity contribution in [2.45, 2.75) is 63.8 Å². The Kier molecular flexibility index (Phi) is 6.61. The van der Waals surface area contributed by atoms with E-state index in [0.717, 1.165) is 38.2 Å². The topological polar surface area (TPSA) is 72.2 Å². The number of hydrogen-bond acceptors (Lipinski definition) is 3. The monoisotopic (exact) mass is 316 g/mol. The molecule has 1 rings (SSSR count). The summed E-state index contributed by atoms with van der Waals surface area (Å²) in [5, 5.41) is 0. The van der Waals surface area contributed by atoms with Gasteiger partial charge in [0.25, 0.3) is 0 Å². The molecule has 1 unspecified atom stereocenters. The van der Waals surface area contributed by atoms with Crippen LogP contribution in [-0.2, 0) is 10.0 Å². The Labute approximate surface area is 127 Å². The number of nitrogens with one attached hydrogen (secondary N) is 1. The van der Waals surface area contributed by atoms with Crippen LogP contribution >= 0.6 is 0 Å². The van der Waals surface area contributed by atoms with E-state index >= 15 is 0 Å². The van der Waals surface area contributed by atoms with Crippen molar-refractivity contribution in [3.05, 3.63) is 23.5 Å². The van der Waals surface area contributed by atoms with Gasteiger partial charge >= 0.3 is 0 Å². The van der Waals surface area contributed by atoms with Gasteiger partial charge in [0.1, 0.15) is 5.82 Å². The van der Waals surface area contributed by atoms with E-state index in [4.69, 9.17) is 5.73 Å². The van der Waals surface area contributed by atoms with E-state index in [1.165, 1.54) is 13.0 Å². The van der Waals surface area contributed by atoms with Gasteiger partial charge in [0.2, 0.25) is 10.0 Å². The SMILES string of the molecule is CCCCC(CCC)NS(=O)(=O)c1cc(N)c(C)c(F)c1. The summed E-state index contributed by atoms with van der Waals surface area (Å²) in [6, 6.07) is 2.21. The number of benzene rings is 1. The third-order valence-electron chi connectivity index (χ3n) is 3.53. The molecule has 1 aromatic carbocycles. The maximum atomic E-state index is 13.7. The van der Waals surface area contributed by atoms with Crippen molar-refractivity contribution < 1.29 is 12.8 Å². The molecule has 0 amide bonds. The third kappa shape index (κ3) is 4.97. The van der Waals surface area contributed by atoms with Gasteiger partial charge in [0.15, 0.2) is 0 Å². The van der Waals surface area contributed by atoms with E-state index in [2.05, 4.69) is 11.6 Å². The molecule has 0 aliphatic carbocycles. The van der Waals surface area contributed by atoms with Crippen molar-refractivity contribution in [2.75, 3.05) is 5.73 Å². The molecule has 4 nitrogen and oxygen atoms in total. The van der Waals surface area contributed by atoms with Gasteiger partial charge in [-0.15, -0.1) is 0 Å². The van der Waals surface area contributed by atoms with Crippen molar-refractivity contribution in [1.82, 2.24) is 4.72 Å². The fourth-order valence-electron chi connectivity index (χ4n) is 2.18. The number of unbranched alkanes of at least 4 members (excludes halogenated alkanes) is 1. The van der Waals surface area contributed by atoms with E-state index in [9.17, 15) is 12.8 Å². The van der Waals surface area contributed by atoms with Crippen molar-refractivity contribution in [2.24, 2.45) is 0 Å². The number of sulfonamides is 1. The first kappa shape index (κ1) is 17.9. The maximum Gasteiger partial charge on any atom is 0.240 e. The molecule has 0 radical (unpaired) electrons. The maximum absolute atomic E-state index is 13.7. The van der Waals surface area contributed by atoms with Crippen LogP contribution in [0.3, 0.4) is 0 Å². The summed E-state index contributed by atoms with van der Waals surface area (Å²) in [5.41, 5.74) is 6.07. The van der Waals surface area contributed by atoms with E-state index in [-0.39, 0.29) is 22.2 Å². The molecule has 0 spiro atoms. The summed E-state index contributed by atoms with van der Waals surface area (Å²) >= 11 is 0. The van der Waals surface area contributed by atoms with Crippen LogP contribution in [0.15, 0.2) is 17.0 Å². The highest BCUT2D eigenvalue weighted by molar-refractivity contribution is 7.89. The van der Waals surface area contributed by atoms with Crippen LogP contribution in [0.2, 0.25) is 0 Å². The summed E-state index contributed by atoms with van der Waals surface area (Å²) in [5.74, 6) is -0.601. The van der Waals surface area contributed by atoms with Crippen molar-refractivity contribution in [3.8, 4) is 0 Å². The van der Waals surface area contributed by atoms with Crippen LogP contribution in [0, 0.1) is 12.7 Å². The van der Waals surface area contributed by atoms with Crippen molar-refractivity contribution in [1.29, 1.82) is 0 Å². The number of anilines is 1. The molecule has 0 aromatic heterocycles. The van der Waals surface area contributed by atoms with Crippen LogP contribution in [0.5, 0.6) is 0 Å². The Hall–Kier alpha value is -1.14. The minimum absolute atomic E-state index is 0.110. The Bertz CT molecular complexity index is 550. The zero-order valence-corrected chi connectivity index (χ0v) is 13.8. The predicted octanol–water partition coefficient (Wildman–Crippen LogP) is 3.35. The molecule has 1 atom stereocenters. The van der Waals surface area contributed by atoms with Gasteiger partial charge in [-0.05, 0) is 31.9 Å². The van der Waals surface area contributed by atoms with Gasteiger partial charge in [-0.2, -0.15) is 0 Å². The molecule has 0 aliphatic heterocycles. The molecule has 1 aromatic rings. The first-order chi connectivity index (χ1) is 9.81. The summed E-state index contributed by atoms with van der Waals surface area (Å²) in [6.07, 6.45) is 4.41. The normalized spacial score (nSPS) is 13.3. The molecular weight excluding hydrogens is 291 g/mol. The Morgan fingerprint density at radius 2 is 1.90 bits per heavy atom. The summed E-state index contributed by atoms with van der Waals surface area (Å²) in [6.45, 7) is 5.60. The minimum Gasteiger partial charge on any atom is -0.398 e. The lowest BCUT2D eigenvalue weighted by molar-refractivity contribution is 0.483. The van der Waals surface area contributed by atoms with Crippen molar-refractivity contribution in [3.63, 3.8) is 0 Å². The minimum atomic E-state index is -3.74. The number of hydrogen-bond donors (Lipinski definition) is 2. The average Bonchev–Trinajstić information content (AvgIpc) is 2.41. The molecule has 21 heavy (non-hydrogen) atoms. The van der Waals surface area contributed by atoms with Gasteiger partial charge < -0.3 is 5.73 Å². The molecule has 3 N–H and O–H groups in total. The number of rotatable bonds is 8. The fraction of sp³-hybridized carbons (Fsp3) is 0.600. The van der Waals surface area contributed by atoms with Crippen LogP contribution in [0.25, 0.3) is 0 Å². The second kappa shape index (κ2) is 7.75. The molecule has 0 aliphatic rings. The van der Waals surface area contributed by atoms with Gasteiger partial charge in [0.05, 0.1) is 4.90 Å². The second-order valence-corrected chi connectivity index (χ2v) is 7.08. The highest BCUT2D eigenvalue weighted by Gasteiger charge is 2.21. The smallest absolute Gasteiger partial charge is 0.240 e. The van der Waals surface area contributed by atoms with Crippen LogP contribution in [0.4, 0.5) is 10.1 Å². The number of nitrogen functional groups attached to an aromatic ring is 1. The lowest BCUT2D eigenvalue weighted by atomic mass is 10.1. The highest BCUT2D eigenvalue weighted by atomic mass is 32.2. The molecule has 120 valence electrons. The van der Waals surface area contributed by atoms with E-state index < -0.39 is 15.8 Å². The second-order valence-electron chi connectivity index (χ2n) is 5.37. The first-order valence-corrected chi connectivity index (χ1v) is 8.88. The van der Waals surface area contributed by atoms with Crippen LogP contribution < -0.4 is 10.5 Å². The van der Waals surface area contributed by atoms with Crippen LogP contribution in [0.1, 0.15) is 51.5 Å². The van der Waals surface area contributed by atoms with Crippen molar-refractivity contribution >= 4 is 15.7 Å². The molecule has 0 heterocycles. The molecular formula is C15H25FN2O2S. The third-order valence-corrected chi connectivity index (χ3v) is 5.03. The molecule has 0 saturated heterocycles. The molecule has 0 saturated carbocycles.